The van der Waals surface area contributed by atoms with E-state index in [1.165, 1.54) is 0 Å². The molecule has 22 heavy (non-hydrogen) atoms. The zero-order valence-corrected chi connectivity index (χ0v) is 12.9. The van der Waals surface area contributed by atoms with E-state index in [4.69, 9.17) is 0 Å². The van der Waals surface area contributed by atoms with Crippen molar-refractivity contribution >= 4 is 17.2 Å². The molecule has 7 heteroatoms. The van der Waals surface area contributed by atoms with Crippen molar-refractivity contribution in [2.24, 2.45) is 0 Å². The molecule has 0 radical (unpaired) electrons. The molecule has 1 aromatic carbocycles. The maximum Gasteiger partial charge on any atom is 0.251 e. The fourth-order valence-corrected chi connectivity index (χ4v) is 2.75. The number of hydrogen-bond donors (Lipinski definition) is 1. The molecule has 3 rings (SSSR count). The maximum atomic E-state index is 12.3. The van der Waals surface area contributed by atoms with Gasteiger partial charge in [-0.25, -0.2) is 4.68 Å². The predicted octanol–water partition coefficient (Wildman–Crippen LogP) is 2.35. The summed E-state index contributed by atoms with van der Waals surface area (Å²) in [7, 11) is 0. The Labute approximate surface area is 131 Å². The first-order valence-electron chi connectivity index (χ1n) is 6.95. The molecule has 0 saturated heterocycles. The first-order valence-corrected chi connectivity index (χ1v) is 7.83. The van der Waals surface area contributed by atoms with Gasteiger partial charge >= 0.3 is 0 Å². The number of aryl methyl sites for hydroxylation is 1. The van der Waals surface area contributed by atoms with Crippen LogP contribution >= 0.6 is 11.3 Å². The molecule has 2 heterocycles. The van der Waals surface area contributed by atoms with E-state index in [0.29, 0.717) is 24.5 Å². The second-order valence-electron chi connectivity index (χ2n) is 4.66. The highest BCUT2D eigenvalue weighted by molar-refractivity contribution is 7.09. The van der Waals surface area contributed by atoms with Gasteiger partial charge in [0.15, 0.2) is 5.82 Å². The second-order valence-corrected chi connectivity index (χ2v) is 5.69. The van der Waals surface area contributed by atoms with Gasteiger partial charge in [0.25, 0.3) is 5.91 Å². The molecule has 0 aliphatic heterocycles. The Morgan fingerprint density at radius 3 is 3.00 bits per heavy atom. The molecule has 3 aromatic rings. The van der Waals surface area contributed by atoms with Gasteiger partial charge in [-0.2, -0.15) is 0 Å². The zero-order chi connectivity index (χ0) is 15.4. The first-order chi connectivity index (χ1) is 10.8. The Hall–Kier alpha value is -2.54. The average molecular weight is 313 g/mol. The van der Waals surface area contributed by atoms with Crippen LogP contribution in [0, 0.1) is 0 Å². The van der Waals surface area contributed by atoms with E-state index in [9.17, 15) is 4.79 Å². The van der Waals surface area contributed by atoms with Crippen LogP contribution in [-0.4, -0.2) is 26.1 Å². The van der Waals surface area contributed by atoms with Crippen LogP contribution in [0.25, 0.3) is 11.4 Å². The van der Waals surface area contributed by atoms with Crippen LogP contribution in [0.5, 0.6) is 0 Å². The van der Waals surface area contributed by atoms with E-state index >= 15 is 0 Å². The third-order valence-corrected chi connectivity index (χ3v) is 4.09. The summed E-state index contributed by atoms with van der Waals surface area (Å²) >= 11 is 1.62. The van der Waals surface area contributed by atoms with Crippen LogP contribution in [0.4, 0.5) is 0 Å². The third-order valence-electron chi connectivity index (χ3n) is 3.22. The molecule has 0 fully saturated rings. The lowest BCUT2D eigenvalue weighted by atomic mass is 10.1. The van der Waals surface area contributed by atoms with Crippen LogP contribution in [0.15, 0.2) is 41.8 Å². The van der Waals surface area contributed by atoms with E-state index in [2.05, 4.69) is 20.8 Å². The van der Waals surface area contributed by atoms with Gasteiger partial charge in [-0.05, 0) is 40.9 Å². The number of tetrazole rings is 1. The molecule has 2 aromatic heterocycles. The minimum Gasteiger partial charge on any atom is -0.347 e. The summed E-state index contributed by atoms with van der Waals surface area (Å²) in [5, 5.41) is 16.5. The number of nitrogens with zero attached hydrogens (tertiary/aromatic N) is 4. The standard InChI is InChI=1S/C15H15N5OS/c1-2-20-14(17-18-19-20)11-5-3-6-12(9-11)15(21)16-10-13-7-4-8-22-13/h3-9H,2,10H2,1H3,(H,16,21). The molecule has 0 aliphatic carbocycles. The van der Waals surface area contributed by atoms with Crippen molar-refractivity contribution < 1.29 is 4.79 Å². The largest absolute Gasteiger partial charge is 0.347 e. The summed E-state index contributed by atoms with van der Waals surface area (Å²) in [6.45, 7) is 3.18. The van der Waals surface area contributed by atoms with Crippen LogP contribution in [0.1, 0.15) is 22.2 Å². The van der Waals surface area contributed by atoms with Gasteiger partial charge in [0.2, 0.25) is 0 Å². The van der Waals surface area contributed by atoms with E-state index in [1.807, 2.05) is 42.6 Å². The number of thiophene rings is 1. The van der Waals surface area contributed by atoms with Crippen molar-refractivity contribution in [2.45, 2.75) is 20.0 Å². The van der Waals surface area contributed by atoms with Crippen LogP contribution in [-0.2, 0) is 13.1 Å². The number of aromatic nitrogens is 4. The van der Waals surface area contributed by atoms with Crippen molar-refractivity contribution in [3.63, 3.8) is 0 Å². The normalized spacial score (nSPS) is 10.6. The molecule has 0 bridgehead atoms. The van der Waals surface area contributed by atoms with Crippen LogP contribution in [0.3, 0.4) is 0 Å². The van der Waals surface area contributed by atoms with Gasteiger partial charge in [0.1, 0.15) is 0 Å². The summed E-state index contributed by atoms with van der Waals surface area (Å²) in [6, 6.07) is 11.3. The first kappa shape index (κ1) is 14.4. The van der Waals surface area contributed by atoms with Crippen molar-refractivity contribution in [1.29, 1.82) is 0 Å². The van der Waals surface area contributed by atoms with Gasteiger partial charge in [0, 0.05) is 22.5 Å². The minimum atomic E-state index is -0.106. The zero-order valence-electron chi connectivity index (χ0n) is 12.1. The number of amides is 1. The molecule has 0 saturated carbocycles. The fourth-order valence-electron chi connectivity index (χ4n) is 2.11. The van der Waals surface area contributed by atoms with Crippen LogP contribution in [0.2, 0.25) is 0 Å². The van der Waals surface area contributed by atoms with E-state index in [-0.39, 0.29) is 5.91 Å². The molecule has 0 aliphatic rings. The van der Waals surface area contributed by atoms with Gasteiger partial charge in [-0.1, -0.05) is 18.2 Å². The number of carbonyl (C=O) groups is 1. The highest BCUT2D eigenvalue weighted by atomic mass is 32.1. The minimum absolute atomic E-state index is 0.106. The van der Waals surface area contributed by atoms with Gasteiger partial charge in [-0.15, -0.1) is 16.4 Å². The highest BCUT2D eigenvalue weighted by Gasteiger charge is 2.11. The highest BCUT2D eigenvalue weighted by Crippen LogP contribution is 2.17. The molecule has 0 unspecified atom stereocenters. The number of nitrogens with one attached hydrogen (secondary N) is 1. The Morgan fingerprint density at radius 1 is 1.32 bits per heavy atom. The van der Waals surface area contributed by atoms with Crippen molar-refractivity contribution in [2.75, 3.05) is 0 Å². The number of carbonyl (C=O) groups excluding carboxylic acids is 1. The van der Waals surface area contributed by atoms with E-state index in [0.717, 1.165) is 10.4 Å². The molecular formula is C15H15N5OS. The van der Waals surface area contributed by atoms with Crippen molar-refractivity contribution in [1.82, 2.24) is 25.5 Å². The third kappa shape index (κ3) is 3.04. The van der Waals surface area contributed by atoms with Gasteiger partial charge < -0.3 is 5.32 Å². The predicted molar refractivity (Wildman–Crippen MR) is 84.4 cm³/mol. The Kier molecular flexibility index (Phi) is 4.24. The SMILES string of the molecule is CCn1nnnc1-c1cccc(C(=O)NCc2cccs2)c1. The Morgan fingerprint density at radius 2 is 2.23 bits per heavy atom. The molecule has 0 spiro atoms. The molecule has 112 valence electrons. The second kappa shape index (κ2) is 6.48. The van der Waals surface area contributed by atoms with E-state index in [1.54, 1.807) is 22.1 Å². The molecule has 6 nitrogen and oxygen atoms in total. The van der Waals surface area contributed by atoms with Crippen molar-refractivity contribution in [3.8, 4) is 11.4 Å². The lowest BCUT2D eigenvalue weighted by Gasteiger charge is -2.06. The summed E-state index contributed by atoms with van der Waals surface area (Å²) in [6.07, 6.45) is 0. The summed E-state index contributed by atoms with van der Waals surface area (Å²) < 4.78 is 1.70. The number of rotatable bonds is 5. The fraction of sp³-hybridized carbons (Fsp3) is 0.200. The number of benzene rings is 1. The topological polar surface area (TPSA) is 72.7 Å². The van der Waals surface area contributed by atoms with Crippen molar-refractivity contribution in [3.05, 3.63) is 52.2 Å². The lowest BCUT2D eigenvalue weighted by Crippen LogP contribution is -2.22. The van der Waals surface area contributed by atoms with Gasteiger partial charge in [0.05, 0.1) is 6.54 Å². The van der Waals surface area contributed by atoms with E-state index < -0.39 is 0 Å². The number of hydrogen-bond acceptors (Lipinski definition) is 5. The molecular weight excluding hydrogens is 298 g/mol. The molecule has 1 N–H and O–H groups in total. The average Bonchev–Trinajstić information content (AvgIpc) is 3.23. The summed E-state index contributed by atoms with van der Waals surface area (Å²) in [5.41, 5.74) is 1.43. The smallest absolute Gasteiger partial charge is 0.251 e. The molecule has 0 atom stereocenters. The van der Waals surface area contributed by atoms with Crippen LogP contribution < -0.4 is 5.32 Å². The Bertz CT molecular complexity index is 766. The van der Waals surface area contributed by atoms with Gasteiger partial charge in [-0.3, -0.25) is 4.79 Å². The Balaban J connectivity index is 1.77. The maximum absolute atomic E-state index is 12.3. The lowest BCUT2D eigenvalue weighted by molar-refractivity contribution is 0.0951. The summed E-state index contributed by atoms with van der Waals surface area (Å²) in [5.74, 6) is 0.557. The molecule has 1 amide bonds. The quantitative estimate of drug-likeness (QED) is 0.785. The monoisotopic (exact) mass is 313 g/mol. The summed E-state index contributed by atoms with van der Waals surface area (Å²) in [4.78, 5) is 13.4.